The van der Waals surface area contributed by atoms with Crippen LogP contribution in [0.1, 0.15) is 29.8 Å². The highest BCUT2D eigenvalue weighted by atomic mass is 19.1. The fourth-order valence-corrected chi connectivity index (χ4v) is 2.39. The van der Waals surface area contributed by atoms with Gasteiger partial charge in [0, 0.05) is 31.9 Å². The van der Waals surface area contributed by atoms with E-state index in [-0.39, 0.29) is 13.1 Å². The molecule has 0 aliphatic heterocycles. The Morgan fingerprint density at radius 3 is 2.62 bits per heavy atom. The number of nitrogens with zero attached hydrogens (tertiary/aromatic N) is 2. The van der Waals surface area contributed by atoms with Crippen molar-refractivity contribution in [3.8, 4) is 0 Å². The predicted octanol–water partition coefficient (Wildman–Crippen LogP) is 1.79. The van der Waals surface area contributed by atoms with Gasteiger partial charge in [-0.2, -0.15) is 5.10 Å². The third-order valence-electron chi connectivity index (χ3n) is 3.55. The summed E-state index contributed by atoms with van der Waals surface area (Å²) < 4.78 is 28.8. The topological polar surface area (TPSA) is 79.2 Å². The smallest absolute Gasteiger partial charge is 0.315 e. The molecule has 2 rings (SSSR count). The Morgan fingerprint density at radius 2 is 2.00 bits per heavy atom. The molecule has 2 aromatic rings. The zero-order chi connectivity index (χ0) is 17.7. The third kappa shape index (κ3) is 4.29. The molecule has 1 heterocycles. The summed E-state index contributed by atoms with van der Waals surface area (Å²) in [5, 5.41) is 19.1. The largest absolute Gasteiger partial charge is 0.386 e. The van der Waals surface area contributed by atoms with Gasteiger partial charge in [-0.1, -0.05) is 13.0 Å². The van der Waals surface area contributed by atoms with Crippen LogP contribution >= 0.6 is 0 Å². The highest BCUT2D eigenvalue weighted by Gasteiger charge is 2.18. The molecule has 0 aliphatic carbocycles. The van der Waals surface area contributed by atoms with Crippen LogP contribution in [-0.2, 0) is 20.0 Å². The molecule has 1 unspecified atom stereocenters. The molecule has 2 amide bonds. The number of aliphatic hydroxyl groups is 1. The number of nitrogens with one attached hydrogen (secondary N) is 2. The van der Waals surface area contributed by atoms with E-state index in [1.807, 2.05) is 13.1 Å². The van der Waals surface area contributed by atoms with Crippen LogP contribution in [0.4, 0.5) is 13.6 Å². The van der Waals surface area contributed by atoms with Crippen LogP contribution in [0.15, 0.2) is 24.4 Å². The second-order valence-corrected chi connectivity index (χ2v) is 5.34. The van der Waals surface area contributed by atoms with E-state index >= 15 is 0 Å². The summed E-state index contributed by atoms with van der Waals surface area (Å²) in [5.41, 5.74) is 1.31. The molecule has 8 heteroatoms. The van der Waals surface area contributed by atoms with Crippen LogP contribution in [-0.4, -0.2) is 27.5 Å². The number of hydrogen-bond donors (Lipinski definition) is 3. The number of halogens is 2. The standard InChI is InChI=1S/C16H20F2N4O2/c1-3-13-10(9-22(2)21-13)7-19-16(24)20-8-14(23)15-11(17)5-4-6-12(15)18/h4-6,9,14,23H,3,7-8H2,1-2H3,(H2,19,20,24). The lowest BCUT2D eigenvalue weighted by Crippen LogP contribution is -2.37. The number of urea groups is 1. The van der Waals surface area contributed by atoms with E-state index < -0.39 is 29.3 Å². The molecule has 1 atom stereocenters. The lowest BCUT2D eigenvalue weighted by Gasteiger charge is -2.14. The highest BCUT2D eigenvalue weighted by Crippen LogP contribution is 2.19. The second kappa shape index (κ2) is 7.87. The molecule has 3 N–H and O–H groups in total. The first-order valence-corrected chi connectivity index (χ1v) is 7.57. The summed E-state index contributed by atoms with van der Waals surface area (Å²) in [6.45, 7) is 1.93. The van der Waals surface area contributed by atoms with Crippen molar-refractivity contribution in [2.75, 3.05) is 6.54 Å². The molecule has 0 saturated heterocycles. The molecule has 0 spiro atoms. The minimum Gasteiger partial charge on any atom is -0.386 e. The number of benzene rings is 1. The normalized spacial score (nSPS) is 12.0. The minimum absolute atomic E-state index is 0.271. The van der Waals surface area contributed by atoms with Crippen LogP contribution in [0.25, 0.3) is 0 Å². The van der Waals surface area contributed by atoms with Crippen molar-refractivity contribution in [3.63, 3.8) is 0 Å². The van der Waals surface area contributed by atoms with E-state index in [0.29, 0.717) is 0 Å². The van der Waals surface area contributed by atoms with Crippen molar-refractivity contribution in [1.82, 2.24) is 20.4 Å². The van der Waals surface area contributed by atoms with Gasteiger partial charge in [0.05, 0.1) is 11.3 Å². The molecule has 0 bridgehead atoms. The quantitative estimate of drug-likeness (QED) is 0.751. The summed E-state index contributed by atoms with van der Waals surface area (Å²) in [4.78, 5) is 11.8. The Hall–Kier alpha value is -2.48. The number of rotatable bonds is 6. The summed E-state index contributed by atoms with van der Waals surface area (Å²) in [6, 6.07) is 2.77. The summed E-state index contributed by atoms with van der Waals surface area (Å²) >= 11 is 0. The Balaban J connectivity index is 1.87. The maximum Gasteiger partial charge on any atom is 0.315 e. The molecular weight excluding hydrogens is 318 g/mol. The molecule has 130 valence electrons. The first-order valence-electron chi connectivity index (χ1n) is 7.57. The van der Waals surface area contributed by atoms with Crippen molar-refractivity contribution in [1.29, 1.82) is 0 Å². The fraction of sp³-hybridized carbons (Fsp3) is 0.375. The monoisotopic (exact) mass is 338 g/mol. The first-order chi connectivity index (χ1) is 11.4. The average Bonchev–Trinajstić information content (AvgIpc) is 2.90. The number of carbonyl (C=O) groups is 1. The molecule has 0 saturated carbocycles. The van der Waals surface area contributed by atoms with Crippen molar-refractivity contribution in [2.24, 2.45) is 7.05 Å². The molecule has 0 radical (unpaired) electrons. The molecule has 6 nitrogen and oxygen atoms in total. The van der Waals surface area contributed by atoms with E-state index in [4.69, 9.17) is 0 Å². The van der Waals surface area contributed by atoms with Gasteiger partial charge >= 0.3 is 6.03 Å². The van der Waals surface area contributed by atoms with E-state index in [0.717, 1.165) is 29.8 Å². The maximum atomic E-state index is 13.5. The first kappa shape index (κ1) is 17.9. The molecule has 0 aliphatic rings. The van der Waals surface area contributed by atoms with Gasteiger partial charge in [-0.3, -0.25) is 4.68 Å². The molecule has 1 aromatic carbocycles. The summed E-state index contributed by atoms with van der Waals surface area (Å²) in [7, 11) is 1.79. The molecule has 24 heavy (non-hydrogen) atoms. The van der Waals surface area contributed by atoms with Gasteiger partial charge in [-0.05, 0) is 18.6 Å². The van der Waals surface area contributed by atoms with Crippen LogP contribution < -0.4 is 10.6 Å². The van der Waals surface area contributed by atoms with E-state index in [1.165, 1.54) is 6.07 Å². The minimum atomic E-state index is -1.47. The van der Waals surface area contributed by atoms with Gasteiger partial charge in [0.25, 0.3) is 0 Å². The van der Waals surface area contributed by atoms with Gasteiger partial charge in [-0.25, -0.2) is 13.6 Å². The summed E-state index contributed by atoms with van der Waals surface area (Å²) in [6.07, 6.45) is 1.08. The SMILES string of the molecule is CCc1nn(C)cc1CNC(=O)NCC(O)c1c(F)cccc1F. The number of aliphatic hydroxyl groups excluding tert-OH is 1. The van der Waals surface area contributed by atoms with Crippen molar-refractivity contribution < 1.29 is 18.7 Å². The average molecular weight is 338 g/mol. The Morgan fingerprint density at radius 1 is 1.33 bits per heavy atom. The lowest BCUT2D eigenvalue weighted by molar-refractivity contribution is 0.164. The number of carbonyl (C=O) groups excluding carboxylic acids is 1. The Labute approximate surface area is 138 Å². The van der Waals surface area contributed by atoms with Gasteiger partial charge in [0.1, 0.15) is 17.7 Å². The van der Waals surface area contributed by atoms with Crippen LogP contribution in [0, 0.1) is 11.6 Å². The summed E-state index contributed by atoms with van der Waals surface area (Å²) in [5.74, 6) is -1.71. The van der Waals surface area contributed by atoms with E-state index in [2.05, 4.69) is 15.7 Å². The second-order valence-electron chi connectivity index (χ2n) is 5.34. The van der Waals surface area contributed by atoms with Crippen LogP contribution in [0.5, 0.6) is 0 Å². The fourth-order valence-electron chi connectivity index (χ4n) is 2.39. The van der Waals surface area contributed by atoms with Gasteiger partial charge in [-0.15, -0.1) is 0 Å². The number of aryl methyl sites for hydroxylation is 2. The Bertz CT molecular complexity index is 698. The van der Waals surface area contributed by atoms with Crippen molar-refractivity contribution in [3.05, 3.63) is 52.9 Å². The maximum absolute atomic E-state index is 13.5. The Kier molecular flexibility index (Phi) is 5.86. The predicted molar refractivity (Wildman–Crippen MR) is 84.1 cm³/mol. The van der Waals surface area contributed by atoms with Crippen LogP contribution in [0.2, 0.25) is 0 Å². The number of amides is 2. The zero-order valence-corrected chi connectivity index (χ0v) is 13.5. The zero-order valence-electron chi connectivity index (χ0n) is 13.5. The molecule has 1 aromatic heterocycles. The van der Waals surface area contributed by atoms with Crippen molar-refractivity contribution >= 4 is 6.03 Å². The van der Waals surface area contributed by atoms with Crippen molar-refractivity contribution in [2.45, 2.75) is 26.0 Å². The molecular formula is C16H20F2N4O2. The van der Waals surface area contributed by atoms with Gasteiger partial charge in [0.2, 0.25) is 0 Å². The lowest BCUT2D eigenvalue weighted by atomic mass is 10.1. The van der Waals surface area contributed by atoms with E-state index in [9.17, 15) is 18.7 Å². The van der Waals surface area contributed by atoms with Crippen LogP contribution in [0.3, 0.4) is 0 Å². The third-order valence-corrected chi connectivity index (χ3v) is 3.55. The molecule has 0 fully saturated rings. The van der Waals surface area contributed by atoms with E-state index in [1.54, 1.807) is 11.7 Å². The highest BCUT2D eigenvalue weighted by molar-refractivity contribution is 5.73. The number of hydrogen-bond acceptors (Lipinski definition) is 3. The van der Waals surface area contributed by atoms with Gasteiger partial charge in [0.15, 0.2) is 0 Å². The number of aromatic nitrogens is 2. The van der Waals surface area contributed by atoms with Gasteiger partial charge < -0.3 is 15.7 Å².